The molecule has 1 aliphatic heterocycles. The maximum absolute atomic E-state index is 13.1. The number of aromatic nitrogens is 1. The Kier molecular flexibility index (Phi) is 9.52. The first-order valence-electron chi connectivity index (χ1n) is 9.58. The molecule has 4 N–H and O–H groups in total. The molecule has 2 aromatic rings. The van der Waals surface area contributed by atoms with E-state index in [1.165, 1.54) is 13.0 Å². The second-order valence-corrected chi connectivity index (χ2v) is 6.42. The van der Waals surface area contributed by atoms with Gasteiger partial charge in [-0.2, -0.15) is 0 Å². The number of anilines is 1. The number of nitrogens with two attached hydrogens (primary N) is 1. The molecule has 0 bridgehead atoms. The van der Waals surface area contributed by atoms with Gasteiger partial charge in [-0.05, 0) is 49.2 Å². The number of nitrogen functional groups attached to an aromatic ring is 1. The second kappa shape index (κ2) is 11.6. The van der Waals surface area contributed by atoms with Crippen LogP contribution in [0.4, 0.5) is 19.4 Å². The fourth-order valence-electron chi connectivity index (χ4n) is 2.55. The molecule has 3 rings (SSSR count). The molecule has 8 nitrogen and oxygen atoms in total. The summed E-state index contributed by atoms with van der Waals surface area (Å²) in [5.74, 6) is -3.36. The quantitative estimate of drug-likeness (QED) is 0.633. The van der Waals surface area contributed by atoms with Crippen LogP contribution in [0.15, 0.2) is 36.5 Å². The molecule has 0 aliphatic carbocycles. The highest BCUT2D eigenvalue weighted by atomic mass is 19.2. The average molecular weight is 436 g/mol. The number of halogens is 2. The van der Waals surface area contributed by atoms with Crippen molar-refractivity contribution in [1.29, 1.82) is 0 Å². The van der Waals surface area contributed by atoms with Gasteiger partial charge in [-0.15, -0.1) is 0 Å². The van der Waals surface area contributed by atoms with Crippen LogP contribution in [0.1, 0.15) is 44.4 Å². The van der Waals surface area contributed by atoms with Gasteiger partial charge in [0.15, 0.2) is 11.6 Å². The van der Waals surface area contributed by atoms with Crippen molar-refractivity contribution in [1.82, 2.24) is 15.2 Å². The Morgan fingerprint density at radius 1 is 1.23 bits per heavy atom. The van der Waals surface area contributed by atoms with Crippen molar-refractivity contribution in [2.45, 2.75) is 46.2 Å². The number of β-lactam (4-membered cyclic amide) rings is 1. The van der Waals surface area contributed by atoms with Crippen LogP contribution in [-0.2, 0) is 9.59 Å². The summed E-state index contributed by atoms with van der Waals surface area (Å²) in [5.41, 5.74) is 6.79. The van der Waals surface area contributed by atoms with Crippen molar-refractivity contribution in [2.24, 2.45) is 0 Å². The number of nitrogens with one attached hydrogen (secondary N) is 1. The first-order chi connectivity index (χ1) is 14.6. The maximum atomic E-state index is 13.1. The average Bonchev–Trinajstić information content (AvgIpc) is 2.69. The summed E-state index contributed by atoms with van der Waals surface area (Å²) in [6.07, 6.45) is 1.47. The number of hydrogen-bond acceptors (Lipinski definition) is 5. The summed E-state index contributed by atoms with van der Waals surface area (Å²) in [7, 11) is 0. The summed E-state index contributed by atoms with van der Waals surface area (Å²) in [5, 5.41) is 11.2. The molecular formula is C21H26F2N4O4. The predicted molar refractivity (Wildman–Crippen MR) is 111 cm³/mol. The van der Waals surface area contributed by atoms with Crippen LogP contribution in [0.25, 0.3) is 0 Å². The number of nitrogens with zero attached hydrogens (tertiary/aromatic N) is 2. The van der Waals surface area contributed by atoms with Gasteiger partial charge in [-0.3, -0.25) is 4.79 Å². The summed E-state index contributed by atoms with van der Waals surface area (Å²) < 4.78 is 25.9. The molecule has 2 atom stereocenters. The van der Waals surface area contributed by atoms with E-state index in [0.29, 0.717) is 16.3 Å². The number of aliphatic carboxylic acids is 1. The third-order valence-electron chi connectivity index (χ3n) is 4.17. The molecule has 1 fully saturated rings. The van der Waals surface area contributed by atoms with Crippen LogP contribution in [0.3, 0.4) is 0 Å². The number of carbonyl (C=O) groups is 3. The number of aryl methyl sites for hydroxylation is 1. The molecular weight excluding hydrogens is 410 g/mol. The van der Waals surface area contributed by atoms with Crippen LogP contribution >= 0.6 is 0 Å². The maximum Gasteiger partial charge on any atom is 0.327 e. The van der Waals surface area contributed by atoms with E-state index in [1.54, 1.807) is 6.20 Å². The number of benzene rings is 1. The zero-order valence-electron chi connectivity index (χ0n) is 17.7. The molecule has 1 aromatic heterocycles. The molecule has 168 valence electrons. The fraction of sp³-hybridized carbons (Fsp3) is 0.333. The zero-order valence-corrected chi connectivity index (χ0v) is 17.7. The number of urea groups is 1. The molecule has 0 saturated carbocycles. The monoisotopic (exact) mass is 436 g/mol. The van der Waals surface area contributed by atoms with E-state index in [9.17, 15) is 23.2 Å². The van der Waals surface area contributed by atoms with Crippen LogP contribution in [-0.4, -0.2) is 38.9 Å². The van der Waals surface area contributed by atoms with Crippen molar-refractivity contribution < 1.29 is 28.3 Å². The summed E-state index contributed by atoms with van der Waals surface area (Å²) >= 11 is 0. The van der Waals surface area contributed by atoms with E-state index in [1.807, 2.05) is 32.9 Å². The molecule has 0 spiro atoms. The molecule has 10 heteroatoms. The lowest BCUT2D eigenvalue weighted by molar-refractivity contribution is -0.157. The Balaban J connectivity index is 0.000000400. The molecule has 1 saturated heterocycles. The van der Waals surface area contributed by atoms with Gasteiger partial charge in [0.05, 0.1) is 12.5 Å². The number of rotatable bonds is 3. The number of carbonyl (C=O) groups excluding carboxylic acids is 2. The van der Waals surface area contributed by atoms with Crippen LogP contribution in [0.2, 0.25) is 0 Å². The summed E-state index contributed by atoms with van der Waals surface area (Å²) in [6.45, 7) is 7.49. The Bertz CT molecular complexity index is 922. The van der Waals surface area contributed by atoms with E-state index in [0.717, 1.165) is 17.7 Å². The Hall–Kier alpha value is -3.56. The van der Waals surface area contributed by atoms with E-state index in [-0.39, 0.29) is 6.42 Å². The van der Waals surface area contributed by atoms with Crippen LogP contribution in [0.5, 0.6) is 0 Å². The van der Waals surface area contributed by atoms with Gasteiger partial charge in [0.25, 0.3) is 0 Å². The molecule has 0 radical (unpaired) electrons. The normalized spacial score (nSPS) is 15.4. The van der Waals surface area contributed by atoms with Gasteiger partial charge >= 0.3 is 12.0 Å². The lowest BCUT2D eigenvalue weighted by Gasteiger charge is -2.36. The lowest BCUT2D eigenvalue weighted by atomic mass is 10.0. The predicted octanol–water partition coefficient (Wildman–Crippen LogP) is 3.42. The summed E-state index contributed by atoms with van der Waals surface area (Å²) in [4.78, 5) is 38.4. The van der Waals surface area contributed by atoms with Crippen LogP contribution < -0.4 is 11.1 Å². The van der Waals surface area contributed by atoms with Gasteiger partial charge in [0, 0.05) is 6.20 Å². The Morgan fingerprint density at radius 2 is 1.87 bits per heavy atom. The van der Waals surface area contributed by atoms with Crippen molar-refractivity contribution in [2.75, 3.05) is 5.73 Å². The highest BCUT2D eigenvalue weighted by Gasteiger charge is 2.45. The second-order valence-electron chi connectivity index (χ2n) is 6.42. The fourth-order valence-corrected chi connectivity index (χ4v) is 2.55. The largest absolute Gasteiger partial charge is 0.480 e. The van der Waals surface area contributed by atoms with Crippen molar-refractivity contribution in [3.63, 3.8) is 0 Å². The summed E-state index contributed by atoms with van der Waals surface area (Å²) in [6, 6.07) is 4.10. The SMILES string of the molecule is CC.CC(NC(=O)N1C(=O)CC1C(=O)O)c1ccc(F)c(F)c1.Cc1ccnc(N)c1. The van der Waals surface area contributed by atoms with Crippen LogP contribution in [0, 0.1) is 18.6 Å². The number of pyridine rings is 1. The first kappa shape index (κ1) is 25.5. The van der Waals surface area contributed by atoms with Crippen molar-refractivity contribution in [3.8, 4) is 0 Å². The van der Waals surface area contributed by atoms with E-state index < -0.39 is 41.6 Å². The molecule has 1 aromatic carbocycles. The number of carboxylic acid groups (broad SMARTS) is 1. The van der Waals surface area contributed by atoms with Gasteiger partial charge in [0.1, 0.15) is 11.9 Å². The number of imide groups is 1. The highest BCUT2D eigenvalue weighted by molar-refractivity contribution is 6.05. The first-order valence-corrected chi connectivity index (χ1v) is 9.58. The van der Waals surface area contributed by atoms with E-state index in [2.05, 4.69) is 10.3 Å². The minimum absolute atomic E-state index is 0.234. The third-order valence-corrected chi connectivity index (χ3v) is 4.17. The Labute approximate surface area is 179 Å². The molecule has 2 unspecified atom stereocenters. The number of likely N-dealkylation sites (tertiary alicyclic amines) is 1. The minimum atomic E-state index is -1.27. The van der Waals surface area contributed by atoms with E-state index in [4.69, 9.17) is 10.8 Å². The van der Waals surface area contributed by atoms with Gasteiger partial charge < -0.3 is 16.2 Å². The highest BCUT2D eigenvalue weighted by Crippen LogP contribution is 2.21. The Morgan fingerprint density at radius 3 is 2.32 bits per heavy atom. The van der Waals surface area contributed by atoms with Gasteiger partial charge in [-0.25, -0.2) is 28.3 Å². The number of amides is 3. The number of carboxylic acids is 1. The molecule has 31 heavy (non-hydrogen) atoms. The minimum Gasteiger partial charge on any atom is -0.480 e. The lowest BCUT2D eigenvalue weighted by Crippen LogP contribution is -2.61. The standard InChI is InChI=1S/C13H12F2N2O4.C6H8N2.C2H6/c1-6(7-2-3-8(14)9(15)4-7)16-13(21)17-10(12(19)20)5-11(17)18;1-5-2-3-8-6(7)4-5;1-2/h2-4,6,10H,5H2,1H3,(H,16,21)(H,19,20);2-4H,1H3,(H2,7,8);1-2H3. The topological polar surface area (TPSA) is 126 Å². The molecule has 1 aliphatic rings. The molecule has 2 heterocycles. The smallest absolute Gasteiger partial charge is 0.327 e. The molecule has 3 amide bonds. The third kappa shape index (κ3) is 7.02. The van der Waals surface area contributed by atoms with E-state index >= 15 is 0 Å². The van der Waals surface area contributed by atoms with Crippen molar-refractivity contribution >= 4 is 23.7 Å². The zero-order chi connectivity index (χ0) is 23.7. The van der Waals surface area contributed by atoms with Gasteiger partial charge in [-0.1, -0.05) is 19.9 Å². The van der Waals surface area contributed by atoms with Crippen molar-refractivity contribution in [3.05, 3.63) is 59.3 Å². The van der Waals surface area contributed by atoms with Gasteiger partial charge in [0.2, 0.25) is 5.91 Å². The number of hydrogen-bond donors (Lipinski definition) is 3.